The molecule has 2 aromatic rings. The van der Waals surface area contributed by atoms with Crippen LogP contribution in [0.2, 0.25) is 0 Å². The molecule has 1 amide bonds. The summed E-state index contributed by atoms with van der Waals surface area (Å²) in [6.45, 7) is 1.99. The van der Waals surface area contributed by atoms with Gasteiger partial charge in [-0.3, -0.25) is 19.6 Å². The van der Waals surface area contributed by atoms with E-state index in [-0.39, 0.29) is 59.9 Å². The summed E-state index contributed by atoms with van der Waals surface area (Å²) in [4.78, 5) is 41.4. The lowest BCUT2D eigenvalue weighted by molar-refractivity contribution is -0.146. The van der Waals surface area contributed by atoms with Crippen LogP contribution in [0.1, 0.15) is 52.5 Å². The minimum atomic E-state index is -1.54. The fourth-order valence-electron chi connectivity index (χ4n) is 3.21. The second-order valence-corrected chi connectivity index (χ2v) is 6.93. The molecule has 0 radical (unpaired) electrons. The number of amides is 1. The number of aryl methyl sites for hydroxylation is 1. The van der Waals surface area contributed by atoms with Crippen molar-refractivity contribution in [2.75, 3.05) is 25.6 Å². The number of esters is 2. The van der Waals surface area contributed by atoms with Gasteiger partial charge >= 0.3 is 11.9 Å². The summed E-state index contributed by atoms with van der Waals surface area (Å²) in [7, 11) is 1.54. The number of nitrogens with zero attached hydrogens (tertiary/aromatic N) is 2. The van der Waals surface area contributed by atoms with Crippen molar-refractivity contribution in [2.45, 2.75) is 39.6 Å². The number of nitrogens with one attached hydrogen (secondary N) is 4. The molecule has 11 nitrogen and oxygen atoms in total. The zero-order valence-corrected chi connectivity index (χ0v) is 19.2. The first kappa shape index (κ1) is 21.8. The first-order chi connectivity index (χ1) is 17.5. The SMILES string of the molecule is [2H]C(=N)c1nc(C([2H])[2H])cn(-c2cccc(C(=O)N[C@@H](CCC(=O)OCC)C(=O)OCC)c2NC)c1=N. The van der Waals surface area contributed by atoms with Crippen molar-refractivity contribution < 1.29 is 28.0 Å². The van der Waals surface area contributed by atoms with E-state index in [9.17, 15) is 14.4 Å². The van der Waals surface area contributed by atoms with Crippen molar-refractivity contribution in [1.82, 2.24) is 14.9 Å². The van der Waals surface area contributed by atoms with Gasteiger partial charge in [-0.2, -0.15) is 0 Å². The summed E-state index contributed by atoms with van der Waals surface area (Å²) >= 11 is 0. The Morgan fingerprint density at radius 2 is 2.03 bits per heavy atom. The zero-order valence-electron chi connectivity index (χ0n) is 22.2. The van der Waals surface area contributed by atoms with Crippen molar-refractivity contribution in [2.24, 2.45) is 0 Å². The van der Waals surface area contributed by atoms with Crippen molar-refractivity contribution in [1.29, 1.82) is 10.8 Å². The number of benzene rings is 1. The number of carbonyl (C=O) groups excluding carboxylic acids is 3. The van der Waals surface area contributed by atoms with Crippen LogP contribution in [0.5, 0.6) is 0 Å². The number of hydrogen-bond acceptors (Lipinski definition) is 9. The van der Waals surface area contributed by atoms with E-state index in [1.165, 1.54) is 29.9 Å². The van der Waals surface area contributed by atoms with E-state index in [1.54, 1.807) is 19.9 Å². The highest BCUT2D eigenvalue weighted by molar-refractivity contribution is 6.03. The van der Waals surface area contributed by atoms with Gasteiger partial charge in [-0.15, -0.1) is 0 Å². The van der Waals surface area contributed by atoms with Crippen molar-refractivity contribution in [3.05, 3.63) is 46.8 Å². The quantitative estimate of drug-likeness (QED) is 0.285. The normalized spacial score (nSPS) is 12.6. The molecule has 0 unspecified atom stereocenters. The maximum Gasteiger partial charge on any atom is 0.328 e. The molecule has 34 heavy (non-hydrogen) atoms. The summed E-state index contributed by atoms with van der Waals surface area (Å²) in [5.41, 5.74) is -0.200. The second kappa shape index (κ2) is 12.3. The Labute approximate surface area is 201 Å². The minimum absolute atomic E-state index is 0.0410. The zero-order chi connectivity index (χ0) is 27.7. The smallest absolute Gasteiger partial charge is 0.328 e. The van der Waals surface area contributed by atoms with Gasteiger partial charge in [-0.25, -0.2) is 9.78 Å². The van der Waals surface area contributed by atoms with Crippen LogP contribution in [0, 0.1) is 17.7 Å². The molecule has 1 aromatic heterocycles. The Hall–Kier alpha value is -4.02. The van der Waals surface area contributed by atoms with Crippen LogP contribution < -0.4 is 16.1 Å². The summed E-state index contributed by atoms with van der Waals surface area (Å²) in [5, 5.41) is 21.5. The maximum absolute atomic E-state index is 13.3. The molecule has 0 spiro atoms. The number of anilines is 1. The summed E-state index contributed by atoms with van der Waals surface area (Å²) in [5.74, 6) is -1.89. The van der Waals surface area contributed by atoms with Gasteiger partial charge in [0.05, 0.1) is 37.2 Å². The molecule has 4 N–H and O–H groups in total. The number of carbonyl (C=O) groups is 3. The molecular formula is C23H30N6O5. The van der Waals surface area contributed by atoms with Gasteiger partial charge < -0.3 is 25.5 Å². The molecule has 0 saturated carbocycles. The van der Waals surface area contributed by atoms with Crippen molar-refractivity contribution in [3.8, 4) is 5.69 Å². The number of para-hydroxylation sites is 1. The van der Waals surface area contributed by atoms with Gasteiger partial charge in [0.15, 0.2) is 5.49 Å². The topological polar surface area (TPSA) is 159 Å². The predicted octanol–water partition coefficient (Wildman–Crippen LogP) is 1.70. The molecule has 1 atom stereocenters. The third-order valence-electron chi connectivity index (χ3n) is 4.70. The molecule has 0 fully saturated rings. The summed E-state index contributed by atoms with van der Waals surface area (Å²) in [6, 6.07) is 3.45. The number of rotatable bonds is 11. The van der Waals surface area contributed by atoms with Crippen LogP contribution in [-0.2, 0) is 19.1 Å². The molecule has 0 aliphatic heterocycles. The molecule has 0 aliphatic rings. The van der Waals surface area contributed by atoms with E-state index >= 15 is 0 Å². The summed E-state index contributed by atoms with van der Waals surface area (Å²) < 4.78 is 34.1. The minimum Gasteiger partial charge on any atom is -0.466 e. The van der Waals surface area contributed by atoms with Crippen LogP contribution in [0.15, 0.2) is 24.4 Å². The van der Waals surface area contributed by atoms with Crippen LogP contribution in [0.25, 0.3) is 5.69 Å². The van der Waals surface area contributed by atoms with Crippen LogP contribution in [0.4, 0.5) is 5.69 Å². The molecule has 0 bridgehead atoms. The Kier molecular flexibility index (Phi) is 7.88. The standard InChI is InChI=1S/C23H30N6O5/c1-5-33-19(30)11-10-16(23(32)34-6-2)28-22(31)15-8-7-9-18(20(15)26-4)29-13-14(3)27-17(12-24)21(29)25/h7-9,12-13,16,24-26H,5-6,10-11H2,1-4H3,(H,28,31)/t16-/m0/s1/i3D2,12D. The average Bonchev–Trinajstić information content (AvgIpc) is 2.85. The van der Waals surface area contributed by atoms with Gasteiger partial charge in [0, 0.05) is 28.6 Å². The fraction of sp³-hybridized carbons (Fsp3) is 0.391. The van der Waals surface area contributed by atoms with Gasteiger partial charge in [0.25, 0.3) is 5.91 Å². The molecule has 1 aromatic carbocycles. The highest BCUT2D eigenvalue weighted by atomic mass is 16.5. The van der Waals surface area contributed by atoms with E-state index in [4.69, 9.17) is 24.4 Å². The predicted molar refractivity (Wildman–Crippen MR) is 125 cm³/mol. The van der Waals surface area contributed by atoms with Gasteiger partial charge in [0.2, 0.25) is 0 Å². The van der Waals surface area contributed by atoms with E-state index < -0.39 is 37.0 Å². The largest absolute Gasteiger partial charge is 0.466 e. The van der Waals surface area contributed by atoms with E-state index in [0.717, 1.165) is 0 Å². The monoisotopic (exact) mass is 473 g/mol. The van der Waals surface area contributed by atoms with Gasteiger partial charge in [-0.1, -0.05) is 6.07 Å². The maximum atomic E-state index is 13.3. The third-order valence-corrected chi connectivity index (χ3v) is 4.70. The lowest BCUT2D eigenvalue weighted by Crippen LogP contribution is -2.42. The molecule has 182 valence electrons. The third kappa shape index (κ3) is 6.27. The molecule has 1 heterocycles. The lowest BCUT2D eigenvalue weighted by atomic mass is 10.1. The second-order valence-electron chi connectivity index (χ2n) is 6.93. The molecule has 2 rings (SSSR count). The summed E-state index contributed by atoms with van der Waals surface area (Å²) in [6.07, 6.45) is 0.344. The molecule has 0 saturated heterocycles. The molecule has 11 heteroatoms. The van der Waals surface area contributed by atoms with Gasteiger partial charge in [0.1, 0.15) is 11.7 Å². The molecular weight excluding hydrogens is 440 g/mol. The van der Waals surface area contributed by atoms with E-state index in [0.29, 0.717) is 0 Å². The highest BCUT2D eigenvalue weighted by Gasteiger charge is 2.25. The fourth-order valence-corrected chi connectivity index (χ4v) is 3.21. The van der Waals surface area contributed by atoms with Crippen molar-refractivity contribution in [3.63, 3.8) is 0 Å². The number of hydrogen-bond donors (Lipinski definition) is 4. The Morgan fingerprint density at radius 3 is 2.65 bits per heavy atom. The van der Waals surface area contributed by atoms with E-state index in [1.807, 2.05) is 0 Å². The highest BCUT2D eigenvalue weighted by Crippen LogP contribution is 2.24. The molecule has 0 aliphatic carbocycles. The first-order valence-electron chi connectivity index (χ1n) is 12.2. The Bertz CT molecular complexity index is 1230. The Balaban J connectivity index is 2.52. The van der Waals surface area contributed by atoms with Crippen LogP contribution in [0.3, 0.4) is 0 Å². The first-order valence-corrected chi connectivity index (χ1v) is 10.6. The van der Waals surface area contributed by atoms with Crippen LogP contribution in [-0.4, -0.2) is 59.9 Å². The average molecular weight is 474 g/mol. The van der Waals surface area contributed by atoms with Gasteiger partial charge in [-0.05, 0) is 39.3 Å². The van der Waals surface area contributed by atoms with Crippen LogP contribution >= 0.6 is 0 Å². The number of ether oxygens (including phenoxy) is 2. The lowest BCUT2D eigenvalue weighted by Gasteiger charge is -2.20. The Morgan fingerprint density at radius 1 is 1.29 bits per heavy atom. The number of aromatic nitrogens is 2. The van der Waals surface area contributed by atoms with E-state index in [2.05, 4.69) is 15.6 Å². The van der Waals surface area contributed by atoms with Crippen molar-refractivity contribution >= 4 is 29.7 Å².